The molecular formula is C25H26O4. The number of hydrogen-bond donors (Lipinski definition) is 0. The predicted molar refractivity (Wildman–Crippen MR) is 109 cm³/mol. The van der Waals surface area contributed by atoms with Gasteiger partial charge in [-0.2, -0.15) is 0 Å². The fraction of sp³-hybridized carbons (Fsp3) is 0.440. The SMILES string of the molecule is CC(C)OC(=O)[C@@H]1[C@H]2c3ccccc3[C@@H]3c4ccccc4[C@@]32[C@H]1C(=O)OC(C)C. The number of rotatable bonds is 4. The van der Waals surface area contributed by atoms with Crippen molar-refractivity contribution in [3.8, 4) is 0 Å². The summed E-state index contributed by atoms with van der Waals surface area (Å²) in [6.07, 6.45) is -0.445. The van der Waals surface area contributed by atoms with E-state index in [-0.39, 0.29) is 36.0 Å². The molecule has 5 atom stereocenters. The third-order valence-electron chi connectivity index (χ3n) is 6.84. The Morgan fingerprint density at radius 3 is 2.00 bits per heavy atom. The van der Waals surface area contributed by atoms with E-state index < -0.39 is 17.3 Å². The first-order chi connectivity index (χ1) is 13.9. The lowest BCUT2D eigenvalue weighted by molar-refractivity contribution is -0.186. The Balaban J connectivity index is 1.68. The molecule has 0 amide bonds. The highest BCUT2D eigenvalue weighted by Crippen LogP contribution is 2.79. The first kappa shape index (κ1) is 18.4. The molecule has 0 saturated heterocycles. The maximum absolute atomic E-state index is 13.3. The summed E-state index contributed by atoms with van der Waals surface area (Å²) in [6, 6.07) is 16.7. The lowest BCUT2D eigenvalue weighted by atomic mass is 9.36. The molecule has 3 aliphatic carbocycles. The Bertz CT molecular complexity index is 1000. The van der Waals surface area contributed by atoms with Crippen LogP contribution in [0.5, 0.6) is 0 Å². The average molecular weight is 390 g/mol. The quantitative estimate of drug-likeness (QED) is 0.730. The molecule has 5 rings (SSSR count). The lowest BCUT2D eigenvalue weighted by Gasteiger charge is -2.64. The number of carbonyl (C=O) groups excluding carboxylic acids is 2. The van der Waals surface area contributed by atoms with Gasteiger partial charge in [0, 0.05) is 17.3 Å². The summed E-state index contributed by atoms with van der Waals surface area (Å²) in [7, 11) is 0. The smallest absolute Gasteiger partial charge is 0.311 e. The molecule has 0 aliphatic heterocycles. The Kier molecular flexibility index (Phi) is 3.93. The molecule has 0 heterocycles. The van der Waals surface area contributed by atoms with E-state index in [0.717, 1.165) is 0 Å². The van der Waals surface area contributed by atoms with Crippen LogP contribution < -0.4 is 0 Å². The molecule has 1 spiro atoms. The van der Waals surface area contributed by atoms with Gasteiger partial charge >= 0.3 is 11.9 Å². The zero-order chi connectivity index (χ0) is 20.5. The van der Waals surface area contributed by atoms with Crippen LogP contribution in [-0.2, 0) is 24.5 Å². The van der Waals surface area contributed by atoms with Gasteiger partial charge in [-0.1, -0.05) is 48.5 Å². The highest BCUT2D eigenvalue weighted by atomic mass is 16.6. The molecule has 0 N–H and O–H groups in total. The van der Waals surface area contributed by atoms with Crippen LogP contribution in [0.15, 0.2) is 48.5 Å². The highest BCUT2D eigenvalue weighted by molar-refractivity contribution is 5.92. The maximum atomic E-state index is 13.3. The maximum Gasteiger partial charge on any atom is 0.311 e. The van der Waals surface area contributed by atoms with Gasteiger partial charge in [0.15, 0.2) is 0 Å². The Hall–Kier alpha value is -2.62. The molecule has 1 fully saturated rings. The molecule has 4 heteroatoms. The monoisotopic (exact) mass is 390 g/mol. The van der Waals surface area contributed by atoms with Gasteiger partial charge in [-0.05, 0) is 49.9 Å². The van der Waals surface area contributed by atoms with Crippen molar-refractivity contribution in [3.63, 3.8) is 0 Å². The van der Waals surface area contributed by atoms with Gasteiger partial charge in [0.2, 0.25) is 0 Å². The minimum atomic E-state index is -0.520. The van der Waals surface area contributed by atoms with E-state index in [2.05, 4.69) is 24.3 Å². The molecule has 3 aliphatic rings. The van der Waals surface area contributed by atoms with Crippen LogP contribution in [-0.4, -0.2) is 24.1 Å². The van der Waals surface area contributed by atoms with Crippen LogP contribution in [0.4, 0.5) is 0 Å². The van der Waals surface area contributed by atoms with E-state index in [9.17, 15) is 9.59 Å². The summed E-state index contributed by atoms with van der Waals surface area (Å²) in [5.74, 6) is -1.52. The zero-order valence-corrected chi connectivity index (χ0v) is 17.2. The van der Waals surface area contributed by atoms with E-state index in [1.807, 2.05) is 52.0 Å². The number of hydrogen-bond acceptors (Lipinski definition) is 4. The fourth-order valence-electron chi connectivity index (χ4n) is 6.20. The van der Waals surface area contributed by atoms with Crippen LogP contribution >= 0.6 is 0 Å². The van der Waals surface area contributed by atoms with Gasteiger partial charge in [-0.3, -0.25) is 9.59 Å². The van der Waals surface area contributed by atoms with Crippen molar-refractivity contribution in [2.24, 2.45) is 11.8 Å². The molecule has 0 bridgehead atoms. The van der Waals surface area contributed by atoms with Gasteiger partial charge in [0.05, 0.1) is 24.0 Å². The largest absolute Gasteiger partial charge is 0.463 e. The molecule has 2 aromatic rings. The number of ether oxygens (including phenoxy) is 2. The second-order valence-corrected chi connectivity index (χ2v) is 9.03. The van der Waals surface area contributed by atoms with Crippen molar-refractivity contribution in [2.75, 3.05) is 0 Å². The van der Waals surface area contributed by atoms with Crippen molar-refractivity contribution in [1.29, 1.82) is 0 Å². The van der Waals surface area contributed by atoms with Crippen LogP contribution in [0.25, 0.3) is 0 Å². The summed E-state index contributed by atoms with van der Waals surface area (Å²) < 4.78 is 11.3. The van der Waals surface area contributed by atoms with Crippen molar-refractivity contribution in [3.05, 3.63) is 70.8 Å². The molecule has 0 radical (unpaired) electrons. The van der Waals surface area contributed by atoms with Crippen LogP contribution in [0, 0.1) is 11.8 Å². The minimum absolute atomic E-state index is 0.0467. The number of carbonyl (C=O) groups is 2. The van der Waals surface area contributed by atoms with Gasteiger partial charge in [-0.15, -0.1) is 0 Å². The zero-order valence-electron chi connectivity index (χ0n) is 17.2. The van der Waals surface area contributed by atoms with Crippen molar-refractivity contribution < 1.29 is 19.1 Å². The van der Waals surface area contributed by atoms with E-state index in [4.69, 9.17) is 9.47 Å². The van der Waals surface area contributed by atoms with Crippen LogP contribution in [0.1, 0.15) is 61.8 Å². The van der Waals surface area contributed by atoms with E-state index in [0.29, 0.717) is 0 Å². The summed E-state index contributed by atoms with van der Waals surface area (Å²) in [4.78, 5) is 26.4. The Morgan fingerprint density at radius 1 is 0.793 bits per heavy atom. The van der Waals surface area contributed by atoms with Gasteiger partial charge in [-0.25, -0.2) is 0 Å². The number of fused-ring (bicyclic) bond motifs is 5. The summed E-state index contributed by atoms with van der Waals surface area (Å²) in [5.41, 5.74) is 4.46. The second-order valence-electron chi connectivity index (χ2n) is 9.03. The fourth-order valence-corrected chi connectivity index (χ4v) is 6.20. The molecule has 4 nitrogen and oxygen atoms in total. The van der Waals surface area contributed by atoms with E-state index >= 15 is 0 Å². The van der Waals surface area contributed by atoms with Crippen molar-refractivity contribution in [2.45, 2.75) is 57.2 Å². The third kappa shape index (κ3) is 2.20. The standard InChI is InChI=1S/C25H26O4/c1-13(2)28-23(26)19-21-16-10-6-5-9-15(16)20-17-11-7-8-12-18(17)25(20,21)22(19)24(27)29-14(3)4/h5-14,19-22H,1-4H3/t19-,20-,21-,22-,25-/m1/s1. The minimum Gasteiger partial charge on any atom is -0.463 e. The summed E-state index contributed by atoms with van der Waals surface area (Å²) in [6.45, 7) is 7.39. The number of esters is 2. The highest BCUT2D eigenvalue weighted by Gasteiger charge is 2.79. The topological polar surface area (TPSA) is 52.6 Å². The molecule has 0 aromatic heterocycles. The second kappa shape index (κ2) is 6.19. The molecular weight excluding hydrogens is 364 g/mol. The Labute approximate surface area is 171 Å². The summed E-state index contributed by atoms with van der Waals surface area (Å²) >= 11 is 0. The van der Waals surface area contributed by atoms with Gasteiger partial charge in [0.1, 0.15) is 0 Å². The summed E-state index contributed by atoms with van der Waals surface area (Å²) in [5, 5.41) is 0. The van der Waals surface area contributed by atoms with E-state index in [1.165, 1.54) is 22.3 Å². The molecule has 2 aromatic carbocycles. The van der Waals surface area contributed by atoms with Crippen molar-refractivity contribution >= 4 is 11.9 Å². The first-order valence-electron chi connectivity index (χ1n) is 10.5. The van der Waals surface area contributed by atoms with E-state index in [1.54, 1.807) is 0 Å². The van der Waals surface area contributed by atoms with Gasteiger partial charge < -0.3 is 9.47 Å². The average Bonchev–Trinajstić information content (AvgIpc) is 2.81. The van der Waals surface area contributed by atoms with Crippen molar-refractivity contribution in [1.82, 2.24) is 0 Å². The van der Waals surface area contributed by atoms with Crippen LogP contribution in [0.3, 0.4) is 0 Å². The number of benzene rings is 2. The normalized spacial score (nSPS) is 30.4. The third-order valence-corrected chi connectivity index (χ3v) is 6.84. The Morgan fingerprint density at radius 2 is 1.34 bits per heavy atom. The predicted octanol–water partition coefficient (Wildman–Crippen LogP) is 4.32. The first-order valence-corrected chi connectivity index (χ1v) is 10.5. The molecule has 150 valence electrons. The molecule has 1 saturated carbocycles. The molecule has 29 heavy (non-hydrogen) atoms. The van der Waals surface area contributed by atoms with Crippen LogP contribution in [0.2, 0.25) is 0 Å². The lowest BCUT2D eigenvalue weighted by Crippen LogP contribution is -2.68. The molecule has 0 unspecified atom stereocenters. The van der Waals surface area contributed by atoms with Gasteiger partial charge in [0.25, 0.3) is 0 Å².